The fourth-order valence-electron chi connectivity index (χ4n) is 4.06. The fraction of sp³-hybridized carbons (Fsp3) is 0.650. The molecule has 1 aromatic rings. The zero-order valence-electron chi connectivity index (χ0n) is 15.3. The Labute approximate surface area is 140 Å². The Kier molecular flexibility index (Phi) is 4.53. The second-order valence-electron chi connectivity index (χ2n) is 8.78. The molecular formula is C20H30O3. The van der Waals surface area contributed by atoms with Gasteiger partial charge in [0.1, 0.15) is 5.75 Å². The molecule has 1 aliphatic carbocycles. The van der Waals surface area contributed by atoms with Crippen LogP contribution in [0.15, 0.2) is 18.2 Å². The molecule has 3 heteroatoms. The van der Waals surface area contributed by atoms with E-state index >= 15 is 0 Å². The van der Waals surface area contributed by atoms with Crippen LogP contribution in [0.25, 0.3) is 0 Å². The molecule has 0 aliphatic heterocycles. The van der Waals surface area contributed by atoms with Gasteiger partial charge in [-0.05, 0) is 41.7 Å². The molecule has 0 amide bonds. The molecule has 128 valence electrons. The predicted molar refractivity (Wildman–Crippen MR) is 93.3 cm³/mol. The van der Waals surface area contributed by atoms with Gasteiger partial charge in [0.25, 0.3) is 0 Å². The lowest BCUT2D eigenvalue weighted by Gasteiger charge is -2.40. The number of aliphatic carboxylic acids is 1. The maximum Gasteiger partial charge on any atom is 0.314 e. The number of carboxylic acids is 1. The van der Waals surface area contributed by atoms with Crippen molar-refractivity contribution in [2.75, 3.05) is 7.11 Å². The molecular weight excluding hydrogens is 288 g/mol. The van der Waals surface area contributed by atoms with Crippen LogP contribution in [-0.4, -0.2) is 18.2 Å². The molecule has 0 bridgehead atoms. The van der Waals surface area contributed by atoms with Gasteiger partial charge in [-0.15, -0.1) is 0 Å². The average molecular weight is 318 g/mol. The van der Waals surface area contributed by atoms with Crippen molar-refractivity contribution in [3.8, 4) is 5.75 Å². The number of hydrogen-bond acceptors (Lipinski definition) is 2. The molecule has 2 rings (SSSR count). The van der Waals surface area contributed by atoms with E-state index in [1.807, 2.05) is 6.07 Å². The van der Waals surface area contributed by atoms with E-state index in [4.69, 9.17) is 4.74 Å². The second-order valence-corrected chi connectivity index (χ2v) is 8.78. The highest BCUT2D eigenvalue weighted by atomic mass is 16.5. The first-order chi connectivity index (χ1) is 10.5. The zero-order chi connectivity index (χ0) is 17.5. The van der Waals surface area contributed by atoms with Gasteiger partial charge in [0.05, 0.1) is 12.5 Å². The third kappa shape index (κ3) is 3.39. The third-order valence-corrected chi connectivity index (χ3v) is 5.09. The van der Waals surface area contributed by atoms with Crippen LogP contribution in [0.1, 0.15) is 71.4 Å². The first-order valence-electron chi connectivity index (χ1n) is 8.44. The number of carbonyl (C=O) groups is 1. The Hall–Kier alpha value is -1.51. The Bertz CT molecular complexity index is 589. The van der Waals surface area contributed by atoms with Gasteiger partial charge >= 0.3 is 5.97 Å². The van der Waals surface area contributed by atoms with Gasteiger partial charge < -0.3 is 9.84 Å². The van der Waals surface area contributed by atoms with Crippen molar-refractivity contribution in [1.82, 2.24) is 0 Å². The topological polar surface area (TPSA) is 46.5 Å². The number of benzene rings is 1. The Morgan fingerprint density at radius 3 is 2.22 bits per heavy atom. The Balaban J connectivity index is 2.50. The fourth-order valence-corrected chi connectivity index (χ4v) is 4.06. The molecule has 0 aromatic heterocycles. The molecule has 1 aliphatic rings. The summed E-state index contributed by atoms with van der Waals surface area (Å²) in [5.74, 6) is -0.0322. The van der Waals surface area contributed by atoms with E-state index < -0.39 is 11.4 Å². The van der Waals surface area contributed by atoms with Crippen LogP contribution in [-0.2, 0) is 15.6 Å². The molecule has 1 N–H and O–H groups in total. The van der Waals surface area contributed by atoms with Crippen molar-refractivity contribution in [2.24, 2.45) is 5.41 Å². The molecule has 0 saturated heterocycles. The van der Waals surface area contributed by atoms with Crippen molar-refractivity contribution < 1.29 is 14.6 Å². The van der Waals surface area contributed by atoms with Crippen molar-refractivity contribution in [1.29, 1.82) is 0 Å². The zero-order valence-corrected chi connectivity index (χ0v) is 15.3. The molecule has 0 radical (unpaired) electrons. The van der Waals surface area contributed by atoms with Crippen LogP contribution < -0.4 is 4.74 Å². The van der Waals surface area contributed by atoms with Gasteiger partial charge in [0.15, 0.2) is 0 Å². The van der Waals surface area contributed by atoms with E-state index in [0.29, 0.717) is 18.6 Å². The van der Waals surface area contributed by atoms with Gasteiger partial charge in [-0.25, -0.2) is 0 Å². The normalized spacial score (nSPS) is 17.5. The number of hydrogen-bond donors (Lipinski definition) is 1. The molecule has 0 atom stereocenters. The minimum absolute atomic E-state index is 0.0112. The van der Waals surface area contributed by atoms with Gasteiger partial charge in [0, 0.05) is 5.56 Å². The van der Waals surface area contributed by atoms with E-state index in [0.717, 1.165) is 18.4 Å². The Morgan fingerprint density at radius 2 is 1.83 bits per heavy atom. The lowest BCUT2D eigenvalue weighted by molar-refractivity contribution is -0.147. The maximum atomic E-state index is 11.9. The van der Waals surface area contributed by atoms with E-state index in [9.17, 15) is 9.90 Å². The summed E-state index contributed by atoms with van der Waals surface area (Å²) < 4.78 is 5.48. The number of rotatable bonds is 5. The predicted octanol–water partition coefficient (Wildman–Crippen LogP) is 4.92. The minimum atomic E-state index is -0.765. The van der Waals surface area contributed by atoms with Gasteiger partial charge in [-0.3, -0.25) is 4.79 Å². The van der Waals surface area contributed by atoms with Crippen LogP contribution in [0.3, 0.4) is 0 Å². The second kappa shape index (κ2) is 5.85. The van der Waals surface area contributed by atoms with E-state index in [2.05, 4.69) is 46.8 Å². The Morgan fingerprint density at radius 1 is 1.22 bits per heavy atom. The first-order valence-corrected chi connectivity index (χ1v) is 8.44. The summed E-state index contributed by atoms with van der Waals surface area (Å²) >= 11 is 0. The van der Waals surface area contributed by atoms with Crippen molar-refractivity contribution in [3.05, 3.63) is 29.3 Å². The highest BCUT2D eigenvalue weighted by molar-refractivity contribution is 5.84. The van der Waals surface area contributed by atoms with Gasteiger partial charge in [0.2, 0.25) is 0 Å². The maximum absolute atomic E-state index is 11.9. The molecule has 1 saturated carbocycles. The third-order valence-electron chi connectivity index (χ3n) is 5.09. The van der Waals surface area contributed by atoms with Crippen LogP contribution in [0.5, 0.6) is 5.75 Å². The van der Waals surface area contributed by atoms with Crippen molar-refractivity contribution in [2.45, 2.75) is 71.1 Å². The molecule has 0 spiro atoms. The van der Waals surface area contributed by atoms with Gasteiger partial charge in [-0.1, -0.05) is 53.2 Å². The van der Waals surface area contributed by atoms with Crippen LogP contribution in [0, 0.1) is 5.41 Å². The minimum Gasteiger partial charge on any atom is -0.496 e. The van der Waals surface area contributed by atoms with Crippen LogP contribution in [0.4, 0.5) is 0 Å². The smallest absolute Gasteiger partial charge is 0.314 e. The molecule has 0 heterocycles. The molecule has 23 heavy (non-hydrogen) atoms. The number of ether oxygens (including phenoxy) is 1. The highest BCUT2D eigenvalue weighted by Crippen LogP contribution is 2.49. The largest absolute Gasteiger partial charge is 0.496 e. The SMILES string of the molecule is COc1ccc(C(C)(C)CC(C)(C)C)cc1C1(C(=O)O)CCC1. The number of methoxy groups -OCH3 is 1. The van der Waals surface area contributed by atoms with Crippen LogP contribution in [0.2, 0.25) is 0 Å². The molecule has 3 nitrogen and oxygen atoms in total. The summed E-state index contributed by atoms with van der Waals surface area (Å²) in [6.45, 7) is 11.2. The van der Waals surface area contributed by atoms with E-state index in [1.54, 1.807) is 7.11 Å². The average Bonchev–Trinajstić information content (AvgIpc) is 2.34. The lowest BCUT2D eigenvalue weighted by Crippen LogP contribution is -2.42. The summed E-state index contributed by atoms with van der Waals surface area (Å²) in [5.41, 5.74) is 1.47. The van der Waals surface area contributed by atoms with Crippen molar-refractivity contribution >= 4 is 5.97 Å². The molecule has 1 fully saturated rings. The van der Waals surface area contributed by atoms with Crippen LogP contribution >= 0.6 is 0 Å². The summed E-state index contributed by atoms with van der Waals surface area (Å²) in [6, 6.07) is 6.11. The molecule has 0 unspecified atom stereocenters. The summed E-state index contributed by atoms with van der Waals surface area (Å²) in [6.07, 6.45) is 3.39. The van der Waals surface area contributed by atoms with E-state index in [-0.39, 0.29) is 10.8 Å². The standard InChI is InChI=1S/C20H30O3/c1-18(2,3)13-19(4,5)14-8-9-16(23-6)15(12-14)20(17(21)22)10-7-11-20/h8-9,12H,7,10-11,13H2,1-6H3,(H,21,22). The van der Waals surface area contributed by atoms with Crippen molar-refractivity contribution in [3.63, 3.8) is 0 Å². The monoisotopic (exact) mass is 318 g/mol. The number of carboxylic acid groups (broad SMARTS) is 1. The first kappa shape index (κ1) is 17.8. The van der Waals surface area contributed by atoms with E-state index in [1.165, 1.54) is 5.56 Å². The summed E-state index contributed by atoms with van der Waals surface area (Å²) in [7, 11) is 1.62. The summed E-state index contributed by atoms with van der Waals surface area (Å²) in [5, 5.41) is 9.78. The summed E-state index contributed by atoms with van der Waals surface area (Å²) in [4.78, 5) is 11.9. The lowest BCUT2D eigenvalue weighted by atomic mass is 9.63. The highest BCUT2D eigenvalue weighted by Gasteiger charge is 2.48. The molecule has 1 aromatic carbocycles. The van der Waals surface area contributed by atoms with Gasteiger partial charge in [-0.2, -0.15) is 0 Å². The quantitative estimate of drug-likeness (QED) is 0.838.